The second kappa shape index (κ2) is 11.9. The minimum Gasteiger partial charge on any atom is -0.496 e. The number of rotatable bonds is 11. The number of unbranched alkanes of at least 4 members (excludes halogenated alkanes) is 1. The first-order valence-electron chi connectivity index (χ1n) is 11.9. The highest BCUT2D eigenvalue weighted by Crippen LogP contribution is 2.39. The molecule has 4 N–H and O–H groups in total. The van der Waals surface area contributed by atoms with Gasteiger partial charge in [-0.25, -0.2) is 0 Å². The molecule has 1 heterocycles. The number of aliphatic hydroxyl groups excluding tert-OH is 1. The molecule has 0 spiro atoms. The lowest BCUT2D eigenvalue weighted by atomic mass is 9.88. The number of hydrogen-bond donors (Lipinski definition) is 4. The summed E-state index contributed by atoms with van der Waals surface area (Å²) in [6, 6.07) is 12.7. The van der Waals surface area contributed by atoms with Crippen molar-refractivity contribution >= 4 is 16.8 Å². The molecule has 0 fully saturated rings. The first-order chi connectivity index (χ1) is 16.4. The zero-order valence-electron chi connectivity index (χ0n) is 20.2. The first kappa shape index (κ1) is 26.3. The van der Waals surface area contributed by atoms with Gasteiger partial charge in [-0.05, 0) is 36.1 Å². The van der Waals surface area contributed by atoms with Crippen LogP contribution in [0.4, 0.5) is 0 Å². The Hall–Kier alpha value is -2.26. The van der Waals surface area contributed by atoms with E-state index in [-0.39, 0.29) is 18.1 Å². The Morgan fingerprint density at radius 3 is 2.62 bits per heavy atom. The molecule has 0 saturated carbocycles. The van der Waals surface area contributed by atoms with Crippen LogP contribution in [0.3, 0.4) is 0 Å². The number of carboxylic acid groups (broad SMARTS) is 1. The van der Waals surface area contributed by atoms with Gasteiger partial charge in [-0.2, -0.15) is 0 Å². The van der Waals surface area contributed by atoms with E-state index in [0.29, 0.717) is 17.1 Å². The van der Waals surface area contributed by atoms with Crippen LogP contribution in [0.1, 0.15) is 62.3 Å². The van der Waals surface area contributed by atoms with Gasteiger partial charge in [0.25, 0.3) is 0 Å². The van der Waals surface area contributed by atoms with E-state index in [9.17, 15) is 19.2 Å². The molecule has 0 aliphatic carbocycles. The highest BCUT2D eigenvalue weighted by molar-refractivity contribution is 7.85. The molecule has 7 nitrogen and oxygen atoms in total. The Morgan fingerprint density at radius 1 is 1.29 bits per heavy atom. The maximum Gasteiger partial charge on any atom is 0.323 e. The predicted molar refractivity (Wildman–Crippen MR) is 134 cm³/mol. The molecule has 3 rings (SSSR count). The Labute approximate surface area is 204 Å². The second-order valence-corrected chi connectivity index (χ2v) is 10.3. The molecule has 1 unspecified atom stereocenters. The third-order valence-corrected chi connectivity index (χ3v) is 8.32. The molecule has 0 bridgehead atoms. The topological polar surface area (TPSA) is 108 Å². The first-order valence-corrected chi connectivity index (χ1v) is 13.2. The summed E-state index contributed by atoms with van der Waals surface area (Å²) >= 11 is 0. The van der Waals surface area contributed by atoms with Crippen molar-refractivity contribution < 1.29 is 24.0 Å². The SMILES string of the molecule is CCCC[C@]1(CC)CS(=O)c2cc(CN[C@@H](CO)C(=O)O)c(OC)cc2[C@@H](c2ccccc2)N1. The maximum atomic E-state index is 13.8. The largest absolute Gasteiger partial charge is 0.496 e. The number of aliphatic hydroxyl groups is 1. The molecule has 186 valence electrons. The summed E-state index contributed by atoms with van der Waals surface area (Å²) in [4.78, 5) is 12.1. The van der Waals surface area contributed by atoms with Crippen LogP contribution < -0.4 is 15.4 Å². The average Bonchev–Trinajstić information content (AvgIpc) is 2.97. The summed E-state index contributed by atoms with van der Waals surface area (Å²) in [5.41, 5.74) is 2.45. The quantitative estimate of drug-likeness (QED) is 0.384. The van der Waals surface area contributed by atoms with Gasteiger partial charge in [0.05, 0.1) is 30.6 Å². The lowest BCUT2D eigenvalue weighted by Crippen LogP contribution is -2.49. The molecule has 1 aliphatic rings. The third-order valence-electron chi connectivity index (χ3n) is 6.67. The highest BCUT2D eigenvalue weighted by atomic mass is 32.2. The summed E-state index contributed by atoms with van der Waals surface area (Å²) in [6.07, 6.45) is 3.91. The molecule has 0 amide bonds. The number of nitrogens with one attached hydrogen (secondary N) is 2. The van der Waals surface area contributed by atoms with Crippen molar-refractivity contribution in [2.75, 3.05) is 19.5 Å². The van der Waals surface area contributed by atoms with Crippen LogP contribution in [0.15, 0.2) is 47.4 Å². The van der Waals surface area contributed by atoms with Crippen molar-refractivity contribution in [2.24, 2.45) is 0 Å². The number of aliphatic carboxylic acids is 1. The molecule has 34 heavy (non-hydrogen) atoms. The normalized spacial score (nSPS) is 23.1. The minimum atomic E-state index is -1.26. The number of carboxylic acids is 1. The van der Waals surface area contributed by atoms with Crippen LogP contribution in [0.25, 0.3) is 0 Å². The van der Waals surface area contributed by atoms with Crippen LogP contribution in [-0.4, -0.2) is 51.4 Å². The third kappa shape index (κ3) is 5.86. The Balaban J connectivity index is 2.10. The summed E-state index contributed by atoms with van der Waals surface area (Å²) in [7, 11) is 0.315. The van der Waals surface area contributed by atoms with Crippen LogP contribution in [0.2, 0.25) is 0 Å². The van der Waals surface area contributed by atoms with Gasteiger partial charge < -0.3 is 14.9 Å². The van der Waals surface area contributed by atoms with Crippen molar-refractivity contribution in [1.82, 2.24) is 10.6 Å². The fourth-order valence-electron chi connectivity index (χ4n) is 4.53. The van der Waals surface area contributed by atoms with Crippen LogP contribution in [0, 0.1) is 0 Å². The summed E-state index contributed by atoms with van der Waals surface area (Å²) < 4.78 is 19.4. The minimum absolute atomic E-state index is 0.153. The molecule has 2 aromatic carbocycles. The molecular weight excluding hydrogens is 452 g/mol. The maximum absolute atomic E-state index is 13.8. The van der Waals surface area contributed by atoms with Gasteiger partial charge in [0.1, 0.15) is 11.8 Å². The van der Waals surface area contributed by atoms with E-state index in [1.54, 1.807) is 7.11 Å². The highest BCUT2D eigenvalue weighted by Gasteiger charge is 2.38. The zero-order chi connectivity index (χ0) is 24.7. The summed E-state index contributed by atoms with van der Waals surface area (Å²) in [6.45, 7) is 3.96. The Kier molecular flexibility index (Phi) is 9.24. The van der Waals surface area contributed by atoms with Gasteiger partial charge in [0.15, 0.2) is 0 Å². The molecule has 0 saturated heterocycles. The van der Waals surface area contributed by atoms with Gasteiger partial charge in [-0.3, -0.25) is 19.6 Å². The molecule has 8 heteroatoms. The summed E-state index contributed by atoms with van der Waals surface area (Å²) in [5, 5.41) is 25.4. The van der Waals surface area contributed by atoms with E-state index < -0.39 is 29.4 Å². The van der Waals surface area contributed by atoms with Crippen LogP contribution >= 0.6 is 0 Å². The van der Waals surface area contributed by atoms with Crippen molar-refractivity contribution in [2.45, 2.75) is 68.6 Å². The standard InChI is InChI=1S/C26H36N2O5S/c1-4-6-12-26(5-2)17-34(32)23-13-19(15-27-21(16-29)25(30)31)22(33-3)14-20(23)24(28-26)18-10-8-7-9-11-18/h7-11,13-14,21,24,27-29H,4-6,12,15-17H2,1-3H3,(H,30,31)/t21-,24+,26+,34?/m0/s1. The van der Waals surface area contributed by atoms with Gasteiger partial charge in [0, 0.05) is 28.3 Å². The number of methoxy groups -OCH3 is 1. The molecule has 4 atom stereocenters. The average molecular weight is 489 g/mol. The number of carbonyl (C=O) groups is 1. The summed E-state index contributed by atoms with van der Waals surface area (Å²) in [5.74, 6) is -0.0321. The lowest BCUT2D eigenvalue weighted by molar-refractivity contribution is -0.140. The van der Waals surface area contributed by atoms with Crippen molar-refractivity contribution in [3.05, 3.63) is 59.2 Å². The number of ether oxygens (including phenoxy) is 1. The number of benzene rings is 2. The molecule has 1 aliphatic heterocycles. The van der Waals surface area contributed by atoms with E-state index in [0.717, 1.165) is 41.7 Å². The molecule has 2 aromatic rings. The fraction of sp³-hybridized carbons (Fsp3) is 0.500. The number of fused-ring (bicyclic) bond motifs is 1. The van der Waals surface area contributed by atoms with Gasteiger partial charge in [-0.1, -0.05) is 57.0 Å². The second-order valence-electron chi connectivity index (χ2n) is 8.87. The monoisotopic (exact) mass is 488 g/mol. The van der Waals surface area contributed by atoms with Crippen molar-refractivity contribution in [3.8, 4) is 5.75 Å². The molecular formula is C26H36N2O5S. The molecule has 0 radical (unpaired) electrons. The van der Waals surface area contributed by atoms with E-state index in [1.807, 2.05) is 30.3 Å². The van der Waals surface area contributed by atoms with Gasteiger partial charge in [-0.15, -0.1) is 0 Å². The fourth-order valence-corrected chi connectivity index (χ4v) is 6.34. The van der Waals surface area contributed by atoms with E-state index in [1.165, 1.54) is 0 Å². The smallest absolute Gasteiger partial charge is 0.323 e. The zero-order valence-corrected chi connectivity index (χ0v) is 21.0. The van der Waals surface area contributed by atoms with Crippen molar-refractivity contribution in [1.29, 1.82) is 0 Å². The molecule has 0 aromatic heterocycles. The Morgan fingerprint density at radius 2 is 2.03 bits per heavy atom. The van der Waals surface area contributed by atoms with E-state index in [4.69, 9.17) is 4.74 Å². The Bertz CT molecular complexity index is 1000. The lowest BCUT2D eigenvalue weighted by Gasteiger charge is -2.36. The van der Waals surface area contributed by atoms with E-state index in [2.05, 4.69) is 36.6 Å². The van der Waals surface area contributed by atoms with Crippen LogP contribution in [0.5, 0.6) is 5.75 Å². The van der Waals surface area contributed by atoms with Crippen molar-refractivity contribution in [3.63, 3.8) is 0 Å². The van der Waals surface area contributed by atoms with Crippen LogP contribution in [-0.2, 0) is 22.1 Å². The number of hydrogen-bond acceptors (Lipinski definition) is 6. The predicted octanol–water partition coefficient (Wildman–Crippen LogP) is 3.37. The van der Waals surface area contributed by atoms with Gasteiger partial charge in [0.2, 0.25) is 0 Å². The van der Waals surface area contributed by atoms with Gasteiger partial charge >= 0.3 is 5.97 Å². The van der Waals surface area contributed by atoms with E-state index >= 15 is 0 Å².